The van der Waals surface area contributed by atoms with Crippen LogP contribution in [-0.4, -0.2) is 42.4 Å². The van der Waals surface area contributed by atoms with Crippen LogP contribution in [0.25, 0.3) is 11.1 Å². The topological polar surface area (TPSA) is 36.4 Å². The van der Waals surface area contributed by atoms with E-state index < -0.39 is 0 Å². The van der Waals surface area contributed by atoms with Crippen LogP contribution in [0.15, 0.2) is 60.8 Å². The van der Waals surface area contributed by atoms with Gasteiger partial charge in [-0.25, -0.2) is 4.37 Å². The van der Waals surface area contributed by atoms with Gasteiger partial charge < -0.3 is 9.80 Å². The van der Waals surface area contributed by atoms with Gasteiger partial charge in [-0.15, -0.1) is 0 Å². The fraction of sp³-hybridized carbons (Fsp3) is 0.304. The first-order valence-electron chi connectivity index (χ1n) is 9.69. The van der Waals surface area contributed by atoms with Gasteiger partial charge >= 0.3 is 0 Å². The van der Waals surface area contributed by atoms with Gasteiger partial charge in [-0.3, -0.25) is 4.79 Å². The fourth-order valence-electron chi connectivity index (χ4n) is 3.83. The van der Waals surface area contributed by atoms with Crippen LogP contribution >= 0.6 is 11.5 Å². The first-order chi connectivity index (χ1) is 13.6. The summed E-state index contributed by atoms with van der Waals surface area (Å²) in [6.45, 7) is 1.61. The molecule has 0 saturated carbocycles. The van der Waals surface area contributed by atoms with Crippen LogP contribution in [0.3, 0.4) is 0 Å². The number of aromatic nitrogens is 1. The van der Waals surface area contributed by atoms with Crippen LogP contribution in [-0.2, 0) is 0 Å². The van der Waals surface area contributed by atoms with E-state index in [0.29, 0.717) is 5.92 Å². The highest BCUT2D eigenvalue weighted by atomic mass is 32.1. The van der Waals surface area contributed by atoms with E-state index in [1.165, 1.54) is 33.9 Å². The summed E-state index contributed by atoms with van der Waals surface area (Å²) in [7, 11) is 4.13. The minimum Gasteiger partial charge on any atom is -0.378 e. The third-order valence-electron chi connectivity index (χ3n) is 5.48. The van der Waals surface area contributed by atoms with E-state index in [4.69, 9.17) is 0 Å². The van der Waals surface area contributed by atoms with E-state index >= 15 is 0 Å². The van der Waals surface area contributed by atoms with E-state index in [-0.39, 0.29) is 5.91 Å². The van der Waals surface area contributed by atoms with Crippen molar-refractivity contribution in [2.75, 3.05) is 32.1 Å². The maximum absolute atomic E-state index is 12.5. The van der Waals surface area contributed by atoms with Gasteiger partial charge in [-0.05, 0) is 65.2 Å². The third kappa shape index (κ3) is 3.94. The summed E-state index contributed by atoms with van der Waals surface area (Å²) in [6.07, 6.45) is 3.71. The summed E-state index contributed by atoms with van der Waals surface area (Å²) < 4.78 is 4.05. The molecule has 1 amide bonds. The summed E-state index contributed by atoms with van der Waals surface area (Å²) in [5.41, 5.74) is 5.07. The zero-order chi connectivity index (χ0) is 19.5. The van der Waals surface area contributed by atoms with Gasteiger partial charge in [0.05, 0.1) is 0 Å². The molecule has 0 N–H and O–H groups in total. The van der Waals surface area contributed by atoms with Crippen LogP contribution in [0.5, 0.6) is 0 Å². The van der Waals surface area contributed by atoms with Gasteiger partial charge in [0.25, 0.3) is 5.91 Å². The summed E-state index contributed by atoms with van der Waals surface area (Å²) in [4.78, 5) is 17.4. The Labute approximate surface area is 170 Å². The highest BCUT2D eigenvalue weighted by Crippen LogP contribution is 2.32. The van der Waals surface area contributed by atoms with Crippen molar-refractivity contribution < 1.29 is 4.79 Å². The van der Waals surface area contributed by atoms with E-state index in [1.54, 1.807) is 6.20 Å². The van der Waals surface area contributed by atoms with Crippen molar-refractivity contribution in [3.63, 3.8) is 0 Å². The average molecular weight is 392 g/mol. The molecule has 2 aromatic carbocycles. The molecule has 144 valence electrons. The minimum absolute atomic E-state index is 0.121. The molecule has 0 bridgehead atoms. The van der Waals surface area contributed by atoms with Crippen LogP contribution in [0, 0.1) is 0 Å². The van der Waals surface area contributed by atoms with Crippen molar-refractivity contribution >= 4 is 23.1 Å². The molecule has 3 aromatic rings. The van der Waals surface area contributed by atoms with Crippen molar-refractivity contribution in [2.45, 2.75) is 18.8 Å². The van der Waals surface area contributed by atoms with Crippen molar-refractivity contribution in [3.8, 4) is 11.1 Å². The van der Waals surface area contributed by atoms with E-state index in [0.717, 1.165) is 30.8 Å². The normalized spacial score (nSPS) is 14.9. The molecular formula is C23H25N3OS. The molecule has 1 aliphatic heterocycles. The molecular weight excluding hydrogens is 366 g/mol. The lowest BCUT2D eigenvalue weighted by Gasteiger charge is -2.32. The highest BCUT2D eigenvalue weighted by Gasteiger charge is 2.25. The standard InChI is InChI=1S/C23H25N3OS/c1-25(2)21-8-4-7-20(16-21)19-6-3-5-18(15-19)17-10-13-26(14-11-17)23(27)22-9-12-24-28-22/h3-9,12,15-17H,10-11,13-14H2,1-2H3. The lowest BCUT2D eigenvalue weighted by Crippen LogP contribution is -2.37. The lowest BCUT2D eigenvalue weighted by molar-refractivity contribution is 0.0718. The van der Waals surface area contributed by atoms with Crippen LogP contribution < -0.4 is 4.90 Å². The second kappa shape index (κ2) is 8.15. The van der Waals surface area contributed by atoms with Crippen molar-refractivity contribution in [1.29, 1.82) is 0 Å². The number of hydrogen-bond acceptors (Lipinski definition) is 4. The highest BCUT2D eigenvalue weighted by molar-refractivity contribution is 7.08. The molecule has 0 atom stereocenters. The smallest absolute Gasteiger partial charge is 0.265 e. The van der Waals surface area contributed by atoms with Gasteiger partial charge in [-0.1, -0.05) is 36.4 Å². The molecule has 4 nitrogen and oxygen atoms in total. The molecule has 1 saturated heterocycles. The zero-order valence-corrected chi connectivity index (χ0v) is 17.2. The number of rotatable bonds is 4. The molecule has 28 heavy (non-hydrogen) atoms. The van der Waals surface area contributed by atoms with Crippen molar-refractivity contribution in [2.24, 2.45) is 0 Å². The third-order valence-corrected chi connectivity index (χ3v) is 6.22. The van der Waals surface area contributed by atoms with Crippen molar-refractivity contribution in [1.82, 2.24) is 9.27 Å². The fourth-order valence-corrected chi connectivity index (χ4v) is 4.40. The largest absolute Gasteiger partial charge is 0.378 e. The van der Waals surface area contributed by atoms with E-state index in [1.807, 2.05) is 11.0 Å². The predicted molar refractivity (Wildman–Crippen MR) is 116 cm³/mol. The summed E-state index contributed by atoms with van der Waals surface area (Å²) in [6, 6.07) is 19.3. The Bertz CT molecular complexity index is 944. The Kier molecular flexibility index (Phi) is 5.44. The second-order valence-corrected chi connectivity index (χ2v) is 8.35. The monoisotopic (exact) mass is 391 g/mol. The van der Waals surface area contributed by atoms with Gasteiger partial charge in [0.1, 0.15) is 4.88 Å². The van der Waals surface area contributed by atoms with Crippen LogP contribution in [0.1, 0.15) is 34.0 Å². The van der Waals surface area contributed by atoms with Crippen LogP contribution in [0.2, 0.25) is 0 Å². The molecule has 1 aliphatic rings. The maximum atomic E-state index is 12.5. The lowest BCUT2D eigenvalue weighted by atomic mass is 9.87. The van der Waals surface area contributed by atoms with E-state index in [2.05, 4.69) is 71.9 Å². The average Bonchev–Trinajstić information content (AvgIpc) is 3.28. The quantitative estimate of drug-likeness (QED) is 0.635. The Balaban J connectivity index is 1.47. The number of amides is 1. The van der Waals surface area contributed by atoms with Gasteiger partial charge in [0.2, 0.25) is 0 Å². The number of piperidine rings is 1. The number of anilines is 1. The first-order valence-corrected chi connectivity index (χ1v) is 10.5. The number of carbonyl (C=O) groups excluding carboxylic acids is 1. The summed E-state index contributed by atoms with van der Waals surface area (Å²) in [5.74, 6) is 0.623. The number of carbonyl (C=O) groups is 1. The Hall–Kier alpha value is -2.66. The van der Waals surface area contributed by atoms with E-state index in [9.17, 15) is 4.79 Å². The Morgan fingerprint density at radius 2 is 1.75 bits per heavy atom. The number of benzene rings is 2. The molecule has 1 aromatic heterocycles. The van der Waals surface area contributed by atoms with Gasteiger partial charge in [-0.2, -0.15) is 0 Å². The molecule has 0 unspecified atom stereocenters. The second-order valence-electron chi connectivity index (χ2n) is 7.51. The predicted octanol–water partition coefficient (Wildman–Crippen LogP) is 4.90. The molecule has 1 fully saturated rings. The summed E-state index contributed by atoms with van der Waals surface area (Å²) >= 11 is 1.28. The van der Waals surface area contributed by atoms with Crippen LogP contribution in [0.4, 0.5) is 5.69 Å². The van der Waals surface area contributed by atoms with Gasteiger partial charge in [0, 0.05) is 39.1 Å². The molecule has 5 heteroatoms. The zero-order valence-electron chi connectivity index (χ0n) is 16.3. The Morgan fingerprint density at radius 3 is 2.43 bits per heavy atom. The summed E-state index contributed by atoms with van der Waals surface area (Å²) in [5, 5.41) is 0. The Morgan fingerprint density at radius 1 is 1.04 bits per heavy atom. The minimum atomic E-state index is 0.121. The first kappa shape index (κ1) is 18.7. The number of likely N-dealkylation sites (tertiary alicyclic amines) is 1. The molecule has 0 aliphatic carbocycles. The maximum Gasteiger partial charge on any atom is 0.265 e. The van der Waals surface area contributed by atoms with Crippen molar-refractivity contribution in [3.05, 3.63) is 71.2 Å². The molecule has 2 heterocycles. The SMILES string of the molecule is CN(C)c1cccc(-c2cccc(C3CCN(C(=O)c4ccns4)CC3)c2)c1. The molecule has 0 spiro atoms. The molecule has 0 radical (unpaired) electrons. The molecule has 4 rings (SSSR count). The number of nitrogens with zero attached hydrogens (tertiary/aromatic N) is 3. The number of hydrogen-bond donors (Lipinski definition) is 0. The van der Waals surface area contributed by atoms with Gasteiger partial charge in [0.15, 0.2) is 0 Å².